The molecule has 1 amide bonds. The van der Waals surface area contributed by atoms with E-state index in [1.807, 2.05) is 12.1 Å². The Bertz CT molecular complexity index is 1840. The number of carbonyl (C=O) groups is 1. The van der Waals surface area contributed by atoms with Crippen molar-refractivity contribution < 1.29 is 9.53 Å². The number of ether oxygens (including phenoxy) is 1. The van der Waals surface area contributed by atoms with E-state index in [0.717, 1.165) is 70.9 Å². The van der Waals surface area contributed by atoms with Crippen molar-refractivity contribution in [3.8, 4) is 12.1 Å². The minimum atomic E-state index is -0.360. The zero-order valence-corrected chi connectivity index (χ0v) is 27.2. The molecular weight excluding hydrogens is 616 g/mol. The van der Waals surface area contributed by atoms with Gasteiger partial charge in [-0.2, -0.15) is 20.3 Å². The summed E-state index contributed by atoms with van der Waals surface area (Å²) in [4.78, 5) is 36.0. The van der Waals surface area contributed by atoms with Crippen molar-refractivity contribution in [2.75, 3.05) is 56.2 Å². The van der Waals surface area contributed by atoms with E-state index in [-0.39, 0.29) is 24.1 Å². The first kappa shape index (κ1) is 30.9. The molecule has 2 saturated heterocycles. The number of piperazine rings is 1. The van der Waals surface area contributed by atoms with E-state index in [2.05, 4.69) is 68.7 Å². The lowest BCUT2D eigenvalue weighted by molar-refractivity contribution is -0.128. The monoisotopic (exact) mass is 652 g/mol. The largest absolute Gasteiger partial charge is 0.462 e. The maximum absolute atomic E-state index is 13.5. The molecule has 13 heteroatoms. The molecule has 3 aliphatic heterocycles. The average molecular weight is 653 g/mol. The summed E-state index contributed by atoms with van der Waals surface area (Å²) >= 11 is 6.72. The molecule has 5 heterocycles. The lowest BCUT2D eigenvalue weighted by Gasteiger charge is -2.42. The predicted octanol–water partition coefficient (Wildman–Crippen LogP) is 4.01. The highest BCUT2D eigenvalue weighted by Crippen LogP contribution is 2.37. The van der Waals surface area contributed by atoms with Crippen LogP contribution in [0.1, 0.15) is 30.5 Å². The van der Waals surface area contributed by atoms with Gasteiger partial charge in [-0.25, -0.2) is 9.67 Å². The van der Waals surface area contributed by atoms with Crippen LogP contribution in [0.15, 0.2) is 55.6 Å². The van der Waals surface area contributed by atoms with Crippen molar-refractivity contribution in [3.05, 3.63) is 71.9 Å². The first-order valence-electron chi connectivity index (χ1n) is 16.0. The molecule has 2 aromatic carbocycles. The molecule has 0 unspecified atom stereocenters. The number of amides is 1. The van der Waals surface area contributed by atoms with E-state index in [4.69, 9.17) is 26.3 Å². The van der Waals surface area contributed by atoms with Crippen LogP contribution < -0.4 is 14.5 Å². The predicted molar refractivity (Wildman–Crippen MR) is 180 cm³/mol. The lowest BCUT2D eigenvalue weighted by atomic mass is 10.0. The van der Waals surface area contributed by atoms with Gasteiger partial charge in [0.15, 0.2) is 0 Å². The van der Waals surface area contributed by atoms with Crippen LogP contribution in [0.2, 0.25) is 5.02 Å². The second-order valence-corrected chi connectivity index (χ2v) is 12.8. The molecule has 0 saturated carbocycles. The fraction of sp³-hybridized carbons (Fsp3) is 0.412. The Morgan fingerprint density at radius 1 is 1.11 bits per heavy atom. The van der Waals surface area contributed by atoms with Crippen LogP contribution in [0.3, 0.4) is 0 Å². The van der Waals surface area contributed by atoms with Crippen LogP contribution >= 0.6 is 11.6 Å². The fourth-order valence-corrected chi connectivity index (χ4v) is 7.31. The Labute approximate surface area is 278 Å². The van der Waals surface area contributed by atoms with E-state index in [9.17, 15) is 10.1 Å². The SMILES string of the molecule is C=C(C(=O)N1CCN(c2nc(OC[C@@H]3CCCN3C)nc3c2CCN(c2cccc4cccc(Cl)c24)C3)C[C@@H]1CC#N)n1cncn1. The van der Waals surface area contributed by atoms with E-state index in [1.54, 1.807) is 4.90 Å². The third-order valence-corrected chi connectivity index (χ3v) is 9.90. The first-order chi connectivity index (χ1) is 22.9. The van der Waals surface area contributed by atoms with Gasteiger partial charge in [-0.15, -0.1) is 0 Å². The van der Waals surface area contributed by atoms with E-state index >= 15 is 0 Å². The number of fused-ring (bicyclic) bond motifs is 2. The molecule has 0 N–H and O–H groups in total. The van der Waals surface area contributed by atoms with Gasteiger partial charge in [0, 0.05) is 48.9 Å². The summed E-state index contributed by atoms with van der Waals surface area (Å²) in [5.41, 5.74) is 3.25. The molecule has 47 heavy (non-hydrogen) atoms. The number of hydrogen-bond acceptors (Lipinski definition) is 10. The van der Waals surface area contributed by atoms with Gasteiger partial charge in [0.2, 0.25) is 0 Å². The van der Waals surface area contributed by atoms with Crippen LogP contribution in [-0.4, -0.2) is 98.9 Å². The van der Waals surface area contributed by atoms with Crippen LogP contribution in [0.5, 0.6) is 6.01 Å². The molecule has 2 atom stereocenters. The van der Waals surface area contributed by atoms with Crippen LogP contribution in [0, 0.1) is 11.3 Å². The molecule has 3 aliphatic rings. The van der Waals surface area contributed by atoms with Crippen molar-refractivity contribution in [2.45, 2.75) is 44.3 Å². The second-order valence-electron chi connectivity index (χ2n) is 12.4. The molecular formula is C34H37ClN10O2. The number of halogens is 1. The Hall–Kier alpha value is -4.73. The fourth-order valence-electron chi connectivity index (χ4n) is 7.03. The van der Waals surface area contributed by atoms with Crippen LogP contribution in [0.4, 0.5) is 11.5 Å². The van der Waals surface area contributed by atoms with Gasteiger partial charge < -0.3 is 24.3 Å². The van der Waals surface area contributed by atoms with Gasteiger partial charge in [0.25, 0.3) is 5.91 Å². The van der Waals surface area contributed by atoms with Gasteiger partial charge >= 0.3 is 6.01 Å². The minimum absolute atomic E-state index is 0.174. The maximum Gasteiger partial charge on any atom is 0.318 e. The van der Waals surface area contributed by atoms with Crippen molar-refractivity contribution in [3.63, 3.8) is 0 Å². The highest BCUT2D eigenvalue weighted by molar-refractivity contribution is 6.36. The molecule has 2 aromatic heterocycles. The molecule has 242 valence electrons. The van der Waals surface area contributed by atoms with Crippen molar-refractivity contribution in [1.82, 2.24) is 34.5 Å². The number of anilines is 2. The highest BCUT2D eigenvalue weighted by Gasteiger charge is 2.35. The number of rotatable bonds is 8. The summed E-state index contributed by atoms with van der Waals surface area (Å²) in [6, 6.07) is 14.8. The number of nitriles is 1. The summed E-state index contributed by atoms with van der Waals surface area (Å²) in [7, 11) is 2.13. The minimum Gasteiger partial charge on any atom is -0.462 e. The Morgan fingerprint density at radius 3 is 2.72 bits per heavy atom. The van der Waals surface area contributed by atoms with Crippen molar-refractivity contribution in [1.29, 1.82) is 5.26 Å². The summed E-state index contributed by atoms with van der Waals surface area (Å²) in [5, 5.41) is 16.6. The number of likely N-dealkylation sites (N-methyl/N-ethyl adjacent to an activating group) is 1. The molecule has 0 aliphatic carbocycles. The Balaban J connectivity index is 1.20. The number of nitrogens with zero attached hydrogens (tertiary/aromatic N) is 10. The number of hydrogen-bond donors (Lipinski definition) is 0. The molecule has 4 aromatic rings. The second kappa shape index (κ2) is 13.2. The Morgan fingerprint density at radius 2 is 1.96 bits per heavy atom. The third kappa shape index (κ3) is 6.08. The number of benzene rings is 2. The number of carbonyl (C=O) groups excluding carboxylic acids is 1. The van der Waals surface area contributed by atoms with Crippen molar-refractivity contribution in [2.24, 2.45) is 0 Å². The third-order valence-electron chi connectivity index (χ3n) is 9.58. The van der Waals surface area contributed by atoms with Gasteiger partial charge in [0.1, 0.15) is 30.8 Å². The summed E-state index contributed by atoms with van der Waals surface area (Å²) in [6.07, 6.45) is 5.94. The number of likely N-dealkylation sites (tertiary alicyclic amines) is 1. The molecule has 0 spiro atoms. The van der Waals surface area contributed by atoms with Gasteiger partial charge in [-0.05, 0) is 50.4 Å². The van der Waals surface area contributed by atoms with Crippen molar-refractivity contribution >= 4 is 45.5 Å². The van der Waals surface area contributed by atoms with Gasteiger partial charge in [0.05, 0.1) is 35.8 Å². The summed E-state index contributed by atoms with van der Waals surface area (Å²) < 4.78 is 7.68. The summed E-state index contributed by atoms with van der Waals surface area (Å²) in [6.45, 7) is 8.24. The smallest absolute Gasteiger partial charge is 0.318 e. The zero-order valence-electron chi connectivity index (χ0n) is 26.4. The molecule has 2 fully saturated rings. The van der Waals surface area contributed by atoms with Crippen LogP contribution in [-0.2, 0) is 17.8 Å². The standard InChI is InChI=1S/C34H37ClN10O2/c1-23(45-22-37-21-38-45)33(46)44-17-16-43(18-25(44)11-13-36)32-27-12-15-42(30-10-4-7-24-6-3-9-28(35)31(24)30)19-29(27)39-34(40-32)47-20-26-8-5-14-41(26)2/h3-4,6-7,9-10,21-22,25-26H,1,5,8,11-12,14-20H2,2H3/t25-,26-/m0/s1. The average Bonchev–Trinajstić information content (AvgIpc) is 3.78. The highest BCUT2D eigenvalue weighted by atomic mass is 35.5. The van der Waals surface area contributed by atoms with E-state index in [0.29, 0.717) is 44.8 Å². The molecule has 12 nitrogen and oxygen atoms in total. The lowest BCUT2D eigenvalue weighted by Crippen LogP contribution is -2.56. The molecule has 0 radical (unpaired) electrons. The molecule has 0 bridgehead atoms. The van der Waals surface area contributed by atoms with E-state index in [1.165, 1.54) is 17.3 Å². The van der Waals surface area contributed by atoms with Gasteiger partial charge in [-0.1, -0.05) is 42.4 Å². The Kier molecular flexibility index (Phi) is 8.66. The van der Waals surface area contributed by atoms with E-state index < -0.39 is 0 Å². The number of aromatic nitrogens is 5. The maximum atomic E-state index is 13.5. The zero-order chi connectivity index (χ0) is 32.5. The molecule has 7 rings (SSSR count). The summed E-state index contributed by atoms with van der Waals surface area (Å²) in [5.74, 6) is 0.541. The van der Waals surface area contributed by atoms with Crippen LogP contribution in [0.25, 0.3) is 16.5 Å². The van der Waals surface area contributed by atoms with Gasteiger partial charge in [-0.3, -0.25) is 4.79 Å². The normalized spacial score (nSPS) is 19.9. The quantitative estimate of drug-likeness (QED) is 0.258. The first-order valence-corrected chi connectivity index (χ1v) is 16.4. The topological polar surface area (TPSA) is 120 Å².